The normalized spacial score (nSPS) is 12.7. The second-order valence-corrected chi connectivity index (χ2v) is 15.1. The van der Waals surface area contributed by atoms with Crippen LogP contribution in [0.5, 0.6) is 0 Å². The molecule has 0 fully saturated rings. The maximum absolute atomic E-state index is 14.3. The Balaban J connectivity index is 1.47. The summed E-state index contributed by atoms with van der Waals surface area (Å²) in [7, 11) is -2.36. The highest BCUT2D eigenvalue weighted by Gasteiger charge is 2.33. The molecule has 2 unspecified atom stereocenters. The average molecular weight is 699 g/mol. The molecule has 2 atom stereocenters. The summed E-state index contributed by atoms with van der Waals surface area (Å²) in [5.41, 5.74) is 6.81. The van der Waals surface area contributed by atoms with Crippen LogP contribution >= 0.6 is 11.3 Å². The molecule has 49 heavy (non-hydrogen) atoms. The van der Waals surface area contributed by atoms with Crippen LogP contribution in [0.25, 0.3) is 22.0 Å². The van der Waals surface area contributed by atoms with Crippen molar-refractivity contribution >= 4 is 50.0 Å². The first kappa shape index (κ1) is 35.6. The lowest BCUT2D eigenvalue weighted by Crippen LogP contribution is -2.56. The predicted molar refractivity (Wildman–Crippen MR) is 196 cm³/mol. The molecule has 5 aromatic rings. The molecule has 0 bridgehead atoms. The molecule has 3 amide bonds. The van der Waals surface area contributed by atoms with Gasteiger partial charge in [-0.3, -0.25) is 19.1 Å². The van der Waals surface area contributed by atoms with Crippen LogP contribution in [-0.2, 0) is 32.5 Å². The van der Waals surface area contributed by atoms with Gasteiger partial charge in [0.15, 0.2) is 0 Å². The SMILES string of the molecule is CCCCS(=O)(=O)NC(=O)C(Cc1c[nH]c2ccccc12)NC(=O)C(Cc1ccc(-c2ccsc2)cc1)N(C)C(=O)c1cc(C)cc(C)c1. The maximum atomic E-state index is 14.3. The molecule has 0 aliphatic rings. The minimum absolute atomic E-state index is 0.0294. The van der Waals surface area contributed by atoms with Gasteiger partial charge in [0.25, 0.3) is 11.8 Å². The maximum Gasteiger partial charge on any atom is 0.256 e. The van der Waals surface area contributed by atoms with Crippen LogP contribution in [0.2, 0.25) is 0 Å². The van der Waals surface area contributed by atoms with Crippen LogP contribution in [0.3, 0.4) is 0 Å². The van der Waals surface area contributed by atoms with Crippen LogP contribution < -0.4 is 10.0 Å². The van der Waals surface area contributed by atoms with E-state index in [0.29, 0.717) is 18.4 Å². The number of sulfonamides is 1. The fourth-order valence-corrected chi connectivity index (χ4v) is 7.83. The van der Waals surface area contributed by atoms with E-state index in [1.807, 2.05) is 86.8 Å². The Hall–Kier alpha value is -4.74. The second kappa shape index (κ2) is 15.7. The molecule has 11 heteroatoms. The predicted octanol–water partition coefficient (Wildman–Crippen LogP) is 6.17. The molecule has 0 saturated heterocycles. The Morgan fingerprint density at radius 2 is 1.61 bits per heavy atom. The van der Waals surface area contributed by atoms with Crippen molar-refractivity contribution in [1.82, 2.24) is 19.9 Å². The van der Waals surface area contributed by atoms with Gasteiger partial charge in [0.1, 0.15) is 12.1 Å². The average Bonchev–Trinajstić information content (AvgIpc) is 3.76. The molecule has 5 rings (SSSR count). The second-order valence-electron chi connectivity index (χ2n) is 12.5. The highest BCUT2D eigenvalue weighted by molar-refractivity contribution is 7.90. The number of hydrogen-bond donors (Lipinski definition) is 3. The number of aromatic amines is 1. The molecule has 0 aliphatic heterocycles. The summed E-state index contributed by atoms with van der Waals surface area (Å²) in [6, 6.07) is 20.7. The number of nitrogens with zero attached hydrogens (tertiary/aromatic N) is 1. The number of aromatic nitrogens is 1. The van der Waals surface area contributed by atoms with Crippen molar-refractivity contribution in [2.75, 3.05) is 12.8 Å². The van der Waals surface area contributed by atoms with Gasteiger partial charge in [-0.05, 0) is 77.5 Å². The number of aryl methyl sites for hydroxylation is 2. The molecular weight excluding hydrogens is 657 g/mol. The topological polar surface area (TPSA) is 128 Å². The van der Waals surface area contributed by atoms with Gasteiger partial charge in [0.2, 0.25) is 15.9 Å². The number of carbonyl (C=O) groups is 3. The number of amides is 3. The van der Waals surface area contributed by atoms with Gasteiger partial charge in [0.05, 0.1) is 5.75 Å². The van der Waals surface area contributed by atoms with Crippen molar-refractivity contribution in [3.8, 4) is 11.1 Å². The first-order chi connectivity index (χ1) is 23.4. The number of likely N-dealkylation sites (N-methyl/N-ethyl adjacent to an activating group) is 1. The summed E-state index contributed by atoms with van der Waals surface area (Å²) in [5, 5.41) is 7.76. The van der Waals surface area contributed by atoms with Gasteiger partial charge in [-0.25, -0.2) is 8.42 Å². The number of para-hydroxylation sites is 1. The number of H-pyrrole nitrogens is 1. The summed E-state index contributed by atoms with van der Waals surface area (Å²) >= 11 is 1.61. The molecule has 9 nitrogen and oxygen atoms in total. The number of fused-ring (bicyclic) bond motifs is 1. The number of benzene rings is 3. The van der Waals surface area contributed by atoms with Crippen molar-refractivity contribution in [3.63, 3.8) is 0 Å². The van der Waals surface area contributed by atoms with E-state index in [-0.39, 0.29) is 24.5 Å². The molecule has 256 valence electrons. The quantitative estimate of drug-likeness (QED) is 0.128. The van der Waals surface area contributed by atoms with Gasteiger partial charge in [-0.15, -0.1) is 0 Å². The number of carbonyl (C=O) groups excluding carboxylic acids is 3. The monoisotopic (exact) mass is 698 g/mol. The summed E-state index contributed by atoms with van der Waals surface area (Å²) in [6.45, 7) is 5.68. The molecule has 0 spiro atoms. The summed E-state index contributed by atoms with van der Waals surface area (Å²) in [4.78, 5) is 46.4. The van der Waals surface area contributed by atoms with Crippen molar-refractivity contribution in [2.24, 2.45) is 0 Å². The van der Waals surface area contributed by atoms with Crippen molar-refractivity contribution in [3.05, 3.63) is 118 Å². The van der Waals surface area contributed by atoms with Gasteiger partial charge >= 0.3 is 0 Å². The molecule has 2 heterocycles. The third kappa shape index (κ3) is 9.04. The van der Waals surface area contributed by atoms with E-state index in [2.05, 4.69) is 20.4 Å². The Kier molecular flexibility index (Phi) is 11.4. The Morgan fingerprint density at radius 3 is 2.29 bits per heavy atom. The minimum Gasteiger partial charge on any atom is -0.361 e. The summed E-state index contributed by atoms with van der Waals surface area (Å²) in [6.07, 6.45) is 2.98. The molecule has 0 aliphatic carbocycles. The van der Waals surface area contributed by atoms with Gasteiger partial charge in [0, 0.05) is 42.6 Å². The lowest BCUT2D eigenvalue weighted by Gasteiger charge is -2.29. The first-order valence-corrected chi connectivity index (χ1v) is 18.9. The lowest BCUT2D eigenvalue weighted by atomic mass is 9.99. The van der Waals surface area contributed by atoms with E-state index in [0.717, 1.165) is 44.3 Å². The molecule has 3 aromatic carbocycles. The van der Waals surface area contributed by atoms with Crippen LogP contribution in [0.15, 0.2) is 89.8 Å². The van der Waals surface area contributed by atoms with Crippen LogP contribution in [0, 0.1) is 13.8 Å². The van der Waals surface area contributed by atoms with E-state index in [1.54, 1.807) is 36.7 Å². The Bertz CT molecular complexity index is 2020. The summed E-state index contributed by atoms with van der Waals surface area (Å²) < 4.78 is 27.8. The summed E-state index contributed by atoms with van der Waals surface area (Å²) in [5.74, 6) is -1.97. The molecule has 0 saturated carbocycles. The van der Waals surface area contributed by atoms with Crippen molar-refractivity contribution in [2.45, 2.75) is 58.5 Å². The molecule has 2 aromatic heterocycles. The van der Waals surface area contributed by atoms with E-state index in [4.69, 9.17) is 0 Å². The largest absolute Gasteiger partial charge is 0.361 e. The zero-order valence-corrected chi connectivity index (χ0v) is 29.8. The zero-order valence-electron chi connectivity index (χ0n) is 28.2. The van der Waals surface area contributed by atoms with Crippen LogP contribution in [0.4, 0.5) is 0 Å². The fraction of sp³-hybridized carbons (Fsp3) is 0.289. The number of unbranched alkanes of at least 4 members (excludes halogenated alkanes) is 1. The fourth-order valence-electron chi connectivity index (χ4n) is 5.94. The van der Waals surface area contributed by atoms with E-state index in [9.17, 15) is 22.8 Å². The number of hydrogen-bond acceptors (Lipinski definition) is 6. The van der Waals surface area contributed by atoms with Crippen LogP contribution in [-0.4, -0.2) is 60.9 Å². The number of thiophene rings is 1. The molecular formula is C38H42N4O5S2. The third-order valence-corrected chi connectivity index (χ3v) is 10.6. The van der Waals surface area contributed by atoms with Crippen molar-refractivity contribution in [1.29, 1.82) is 0 Å². The first-order valence-electron chi connectivity index (χ1n) is 16.3. The highest BCUT2D eigenvalue weighted by atomic mass is 32.2. The van der Waals surface area contributed by atoms with Gasteiger partial charge < -0.3 is 15.2 Å². The van der Waals surface area contributed by atoms with Crippen molar-refractivity contribution < 1.29 is 22.8 Å². The number of nitrogens with one attached hydrogen (secondary N) is 3. The third-order valence-electron chi connectivity index (χ3n) is 8.55. The standard InChI is InChI=1S/C38H42N4O5S2/c1-5-6-17-49(46,47)41-36(43)34(22-31-23-39-33-10-8-7-9-32(31)33)40-37(44)35(42(4)38(45)30-19-25(2)18-26(3)20-30)21-27-11-13-28(14-12-27)29-15-16-48-24-29/h7-16,18-20,23-24,34-35,39H,5-6,17,21-22H2,1-4H3,(H,40,44)(H,41,43). The minimum atomic E-state index is -3.93. The molecule has 0 radical (unpaired) electrons. The van der Waals surface area contributed by atoms with Gasteiger partial charge in [-0.1, -0.05) is 73.0 Å². The Labute approximate surface area is 291 Å². The van der Waals surface area contributed by atoms with E-state index in [1.165, 1.54) is 4.90 Å². The lowest BCUT2D eigenvalue weighted by molar-refractivity contribution is -0.130. The number of rotatable bonds is 14. The molecule has 3 N–H and O–H groups in total. The highest BCUT2D eigenvalue weighted by Crippen LogP contribution is 2.24. The van der Waals surface area contributed by atoms with Crippen LogP contribution in [0.1, 0.15) is 52.4 Å². The van der Waals surface area contributed by atoms with E-state index < -0.39 is 33.9 Å². The van der Waals surface area contributed by atoms with E-state index >= 15 is 0 Å². The zero-order chi connectivity index (χ0) is 35.1. The smallest absolute Gasteiger partial charge is 0.256 e. The van der Waals surface area contributed by atoms with Gasteiger partial charge in [-0.2, -0.15) is 11.3 Å². The Morgan fingerprint density at radius 1 is 0.898 bits per heavy atom.